The van der Waals surface area contributed by atoms with Crippen LogP contribution in [0.15, 0.2) is 40.7 Å². The smallest absolute Gasteiger partial charge is 0.299 e. The maximum absolute atomic E-state index is 12.3. The molecule has 6 nitrogen and oxygen atoms in total. The molecule has 0 fully saturated rings. The van der Waals surface area contributed by atoms with Gasteiger partial charge in [0.15, 0.2) is 11.2 Å². The molecule has 0 aliphatic carbocycles. The summed E-state index contributed by atoms with van der Waals surface area (Å²) in [4.78, 5) is 12.3. The SMILES string of the molecule is O=c1c2n[nH]c3ccccc3c-2nn1C1NC=CS1. The van der Waals surface area contributed by atoms with Crippen LogP contribution in [0.25, 0.3) is 22.3 Å². The van der Waals surface area contributed by atoms with Crippen LogP contribution < -0.4 is 10.9 Å². The van der Waals surface area contributed by atoms with Gasteiger partial charge in [-0.3, -0.25) is 9.89 Å². The number of aromatic nitrogens is 4. The van der Waals surface area contributed by atoms with Gasteiger partial charge in [0, 0.05) is 11.6 Å². The lowest BCUT2D eigenvalue weighted by atomic mass is 10.1. The molecule has 3 heterocycles. The molecule has 2 N–H and O–H groups in total. The molecule has 3 aliphatic rings. The molecule has 0 amide bonds. The monoisotopic (exact) mass is 271 g/mol. The second-order valence-corrected chi connectivity index (χ2v) is 5.16. The third kappa shape index (κ3) is 1.48. The van der Waals surface area contributed by atoms with Crippen LogP contribution in [0.2, 0.25) is 0 Å². The van der Waals surface area contributed by atoms with Crippen LogP contribution in [0, 0.1) is 0 Å². The number of H-pyrrole nitrogens is 1. The summed E-state index contributed by atoms with van der Waals surface area (Å²) in [6.45, 7) is 0. The predicted octanol–water partition coefficient (Wildman–Crippen LogP) is 1.49. The van der Waals surface area contributed by atoms with Crippen molar-refractivity contribution in [3.05, 3.63) is 46.2 Å². The molecular weight excluding hydrogens is 262 g/mol. The highest BCUT2D eigenvalue weighted by molar-refractivity contribution is 8.02. The topological polar surface area (TPSA) is 75.6 Å². The Balaban J connectivity index is 2.02. The molecule has 0 saturated carbocycles. The summed E-state index contributed by atoms with van der Waals surface area (Å²) < 4.78 is 1.43. The Labute approximate surface area is 111 Å². The molecule has 0 spiro atoms. The number of para-hydroxylation sites is 1. The molecule has 1 aromatic rings. The van der Waals surface area contributed by atoms with Gasteiger partial charge in [0.05, 0.1) is 5.52 Å². The van der Waals surface area contributed by atoms with E-state index in [4.69, 9.17) is 0 Å². The Hall–Kier alpha value is -2.28. The van der Waals surface area contributed by atoms with Gasteiger partial charge < -0.3 is 5.32 Å². The van der Waals surface area contributed by atoms with Crippen molar-refractivity contribution >= 4 is 22.7 Å². The molecule has 0 radical (unpaired) electrons. The number of benzene rings is 1. The first-order valence-electron chi connectivity index (χ1n) is 5.77. The minimum Gasteiger partial charge on any atom is -0.361 e. The zero-order valence-electron chi connectivity index (χ0n) is 9.70. The summed E-state index contributed by atoms with van der Waals surface area (Å²) >= 11 is 1.50. The van der Waals surface area contributed by atoms with E-state index in [1.807, 2.05) is 29.7 Å². The Bertz CT molecular complexity index is 813. The molecule has 3 aliphatic heterocycles. The number of thioether (sulfide) groups is 1. The first kappa shape index (κ1) is 10.6. The van der Waals surface area contributed by atoms with Crippen molar-refractivity contribution in [2.75, 3.05) is 0 Å². The minimum atomic E-state index is -0.194. The van der Waals surface area contributed by atoms with Gasteiger partial charge in [-0.25, -0.2) is 0 Å². The Morgan fingerprint density at radius 1 is 1.26 bits per heavy atom. The van der Waals surface area contributed by atoms with Gasteiger partial charge in [0.1, 0.15) is 5.69 Å². The number of hydrogen-bond acceptors (Lipinski definition) is 5. The highest BCUT2D eigenvalue weighted by atomic mass is 32.2. The molecule has 7 heteroatoms. The van der Waals surface area contributed by atoms with Crippen LogP contribution in [0.5, 0.6) is 0 Å². The molecule has 1 aromatic carbocycles. The number of fused-ring (bicyclic) bond motifs is 3. The van der Waals surface area contributed by atoms with E-state index in [0.717, 1.165) is 10.9 Å². The Morgan fingerprint density at radius 3 is 3.00 bits per heavy atom. The summed E-state index contributed by atoms with van der Waals surface area (Å²) in [5, 5.41) is 17.3. The normalized spacial score (nSPS) is 18.2. The fourth-order valence-corrected chi connectivity index (χ4v) is 2.88. The van der Waals surface area contributed by atoms with Gasteiger partial charge in [-0.2, -0.15) is 14.9 Å². The fourth-order valence-electron chi connectivity index (χ4n) is 2.16. The molecule has 19 heavy (non-hydrogen) atoms. The van der Waals surface area contributed by atoms with Gasteiger partial charge in [-0.05, 0) is 11.5 Å². The molecule has 94 valence electrons. The Morgan fingerprint density at radius 2 is 2.16 bits per heavy atom. The molecule has 1 atom stereocenters. The maximum atomic E-state index is 12.3. The van der Waals surface area contributed by atoms with Gasteiger partial charge in [-0.15, -0.1) is 0 Å². The average molecular weight is 271 g/mol. The van der Waals surface area contributed by atoms with Crippen LogP contribution in [0.1, 0.15) is 5.50 Å². The van der Waals surface area contributed by atoms with E-state index < -0.39 is 0 Å². The zero-order chi connectivity index (χ0) is 12.8. The van der Waals surface area contributed by atoms with Crippen LogP contribution in [0.4, 0.5) is 0 Å². The number of hydrogen-bond donors (Lipinski definition) is 2. The minimum absolute atomic E-state index is 0.189. The lowest BCUT2D eigenvalue weighted by molar-refractivity contribution is 0.552. The first-order chi connectivity index (χ1) is 9.34. The van der Waals surface area contributed by atoms with E-state index in [1.54, 1.807) is 6.20 Å². The molecule has 1 unspecified atom stereocenters. The quantitative estimate of drug-likeness (QED) is 0.701. The molecule has 0 saturated heterocycles. The Kier molecular flexibility index (Phi) is 2.16. The second kappa shape index (κ2) is 3.86. The van der Waals surface area contributed by atoms with Crippen LogP contribution in [0.3, 0.4) is 0 Å². The average Bonchev–Trinajstić information content (AvgIpc) is 3.07. The second-order valence-electron chi connectivity index (χ2n) is 4.17. The van der Waals surface area contributed by atoms with E-state index in [2.05, 4.69) is 20.6 Å². The van der Waals surface area contributed by atoms with Gasteiger partial charge in [-0.1, -0.05) is 30.0 Å². The van der Waals surface area contributed by atoms with Gasteiger partial charge >= 0.3 is 0 Å². The number of aromatic amines is 1. The largest absolute Gasteiger partial charge is 0.361 e. The van der Waals surface area contributed by atoms with Crippen LogP contribution in [-0.2, 0) is 0 Å². The lowest BCUT2D eigenvalue weighted by Gasteiger charge is -2.07. The maximum Gasteiger partial charge on any atom is 0.299 e. The van der Waals surface area contributed by atoms with Crippen molar-refractivity contribution in [1.29, 1.82) is 0 Å². The fraction of sp³-hybridized carbons (Fsp3) is 0.0833. The van der Waals surface area contributed by atoms with E-state index in [9.17, 15) is 4.79 Å². The third-order valence-corrected chi connectivity index (χ3v) is 3.94. The van der Waals surface area contributed by atoms with Crippen molar-refractivity contribution < 1.29 is 0 Å². The van der Waals surface area contributed by atoms with Gasteiger partial charge in [0.2, 0.25) is 0 Å². The van der Waals surface area contributed by atoms with E-state index in [-0.39, 0.29) is 11.1 Å². The van der Waals surface area contributed by atoms with E-state index in [0.29, 0.717) is 11.4 Å². The van der Waals surface area contributed by atoms with Crippen LogP contribution in [-0.4, -0.2) is 20.0 Å². The number of nitrogens with one attached hydrogen (secondary N) is 2. The highest BCUT2D eigenvalue weighted by Crippen LogP contribution is 2.28. The molecule has 0 bridgehead atoms. The summed E-state index contributed by atoms with van der Waals surface area (Å²) in [6.07, 6.45) is 1.80. The summed E-state index contributed by atoms with van der Waals surface area (Å²) in [7, 11) is 0. The van der Waals surface area contributed by atoms with Gasteiger partial charge in [0.25, 0.3) is 5.56 Å². The number of rotatable bonds is 1. The zero-order valence-corrected chi connectivity index (χ0v) is 10.5. The third-order valence-electron chi connectivity index (χ3n) is 3.05. The first-order valence-corrected chi connectivity index (χ1v) is 6.71. The summed E-state index contributed by atoms with van der Waals surface area (Å²) in [5.41, 5.74) is 1.48. The highest BCUT2D eigenvalue weighted by Gasteiger charge is 2.24. The summed E-state index contributed by atoms with van der Waals surface area (Å²) in [5.74, 6) is 0. The molecule has 0 aromatic heterocycles. The molecular formula is C12H9N5OS. The van der Waals surface area contributed by atoms with Crippen molar-refractivity contribution in [2.45, 2.75) is 5.50 Å². The van der Waals surface area contributed by atoms with E-state index >= 15 is 0 Å². The molecule has 4 rings (SSSR count). The van der Waals surface area contributed by atoms with Crippen molar-refractivity contribution in [3.63, 3.8) is 0 Å². The van der Waals surface area contributed by atoms with Crippen molar-refractivity contribution in [2.24, 2.45) is 0 Å². The lowest BCUT2D eigenvalue weighted by Crippen LogP contribution is -2.26. The van der Waals surface area contributed by atoms with Crippen molar-refractivity contribution in [3.8, 4) is 11.4 Å². The van der Waals surface area contributed by atoms with E-state index in [1.165, 1.54) is 16.4 Å². The summed E-state index contributed by atoms with van der Waals surface area (Å²) in [6, 6.07) is 7.68. The van der Waals surface area contributed by atoms with Crippen LogP contribution >= 0.6 is 11.8 Å². The number of nitrogens with zero attached hydrogens (tertiary/aromatic N) is 3. The standard InChI is InChI=1S/C12H9N5OS/c18-11-10-9(16-17(11)12-13-5-6-19-12)7-3-1-2-4-8(7)14-15-10/h1-6,12-14H. The van der Waals surface area contributed by atoms with Crippen molar-refractivity contribution in [1.82, 2.24) is 25.3 Å². The predicted molar refractivity (Wildman–Crippen MR) is 73.7 cm³/mol.